The van der Waals surface area contributed by atoms with Crippen LogP contribution < -0.4 is 5.73 Å². The van der Waals surface area contributed by atoms with Crippen LogP contribution in [0.3, 0.4) is 0 Å². The van der Waals surface area contributed by atoms with Crippen LogP contribution in [0.1, 0.15) is 11.4 Å². The number of hydrogen-bond donors (Lipinski definition) is 1. The van der Waals surface area contributed by atoms with Crippen molar-refractivity contribution in [3.8, 4) is 11.5 Å². The normalized spacial score (nSPS) is 11.7. The molecule has 0 aliphatic carbocycles. The minimum absolute atomic E-state index is 0.168. The Morgan fingerprint density at radius 3 is 2.84 bits per heavy atom. The monoisotopic (exact) mass is 281 g/mol. The van der Waals surface area contributed by atoms with Crippen molar-refractivity contribution in [1.29, 1.82) is 0 Å². The Morgan fingerprint density at radius 1 is 1.37 bits per heavy atom. The summed E-state index contributed by atoms with van der Waals surface area (Å²) in [4.78, 5) is 4.08. The highest BCUT2D eigenvalue weighted by molar-refractivity contribution is 7.89. The van der Waals surface area contributed by atoms with Gasteiger partial charge in [-0.05, 0) is 30.7 Å². The molecular formula is C12H15N3O3S. The summed E-state index contributed by atoms with van der Waals surface area (Å²) >= 11 is 0. The summed E-state index contributed by atoms with van der Waals surface area (Å²) in [6.45, 7) is 0.562. The van der Waals surface area contributed by atoms with E-state index in [4.69, 9.17) is 10.3 Å². The highest BCUT2D eigenvalue weighted by atomic mass is 32.2. The molecule has 0 saturated carbocycles. The topological polar surface area (TPSA) is 99.1 Å². The van der Waals surface area contributed by atoms with Gasteiger partial charge >= 0.3 is 0 Å². The van der Waals surface area contributed by atoms with Crippen LogP contribution in [0.4, 0.5) is 0 Å². The average molecular weight is 281 g/mol. The van der Waals surface area contributed by atoms with Crippen LogP contribution in [0.2, 0.25) is 0 Å². The second-order valence-corrected chi connectivity index (χ2v) is 6.47. The number of sulfone groups is 1. The van der Waals surface area contributed by atoms with Crippen LogP contribution in [-0.2, 0) is 22.0 Å². The molecule has 7 heteroatoms. The van der Waals surface area contributed by atoms with E-state index in [-0.39, 0.29) is 11.6 Å². The maximum atomic E-state index is 11.2. The summed E-state index contributed by atoms with van der Waals surface area (Å²) < 4.78 is 27.4. The quantitative estimate of drug-likeness (QED) is 0.869. The van der Waals surface area contributed by atoms with Crippen molar-refractivity contribution in [2.75, 3.05) is 12.8 Å². The summed E-state index contributed by atoms with van der Waals surface area (Å²) in [6, 6.07) is 7.58. The zero-order valence-electron chi connectivity index (χ0n) is 10.5. The van der Waals surface area contributed by atoms with Gasteiger partial charge in [-0.3, -0.25) is 0 Å². The van der Waals surface area contributed by atoms with Crippen molar-refractivity contribution >= 4 is 9.84 Å². The number of benzene rings is 1. The van der Waals surface area contributed by atoms with E-state index in [0.717, 1.165) is 23.8 Å². The number of hydrogen-bond acceptors (Lipinski definition) is 6. The Bertz CT molecular complexity index is 664. The highest BCUT2D eigenvalue weighted by Crippen LogP contribution is 2.19. The van der Waals surface area contributed by atoms with Crippen molar-refractivity contribution in [2.45, 2.75) is 12.2 Å². The highest BCUT2D eigenvalue weighted by Gasteiger charge is 2.13. The average Bonchev–Trinajstić information content (AvgIpc) is 2.76. The molecule has 0 spiro atoms. The first-order chi connectivity index (χ1) is 8.98. The van der Waals surface area contributed by atoms with Crippen molar-refractivity contribution in [3.05, 3.63) is 35.7 Å². The molecule has 1 aromatic heterocycles. The van der Waals surface area contributed by atoms with Crippen molar-refractivity contribution in [1.82, 2.24) is 10.1 Å². The molecule has 0 saturated heterocycles. The predicted molar refractivity (Wildman–Crippen MR) is 71.0 cm³/mol. The standard InChI is InChI=1S/C12H15N3O3S/c1-19(16,17)8-11-14-12(18-15-11)10-4-2-3-9(7-10)5-6-13/h2-4,7H,5-6,8,13H2,1H3. The van der Waals surface area contributed by atoms with Crippen LogP contribution in [0.25, 0.3) is 11.5 Å². The smallest absolute Gasteiger partial charge is 0.257 e. The molecule has 19 heavy (non-hydrogen) atoms. The van der Waals surface area contributed by atoms with E-state index in [2.05, 4.69) is 10.1 Å². The number of rotatable bonds is 5. The second-order valence-electron chi connectivity index (χ2n) is 4.32. The SMILES string of the molecule is CS(=O)(=O)Cc1noc(-c2cccc(CCN)c2)n1. The molecule has 1 heterocycles. The first kappa shape index (κ1) is 13.7. The molecule has 2 rings (SSSR count). The fraction of sp³-hybridized carbons (Fsp3) is 0.333. The Labute approximate surface area is 111 Å². The van der Waals surface area contributed by atoms with E-state index in [0.29, 0.717) is 12.4 Å². The van der Waals surface area contributed by atoms with Gasteiger partial charge in [-0.1, -0.05) is 17.3 Å². The van der Waals surface area contributed by atoms with E-state index in [9.17, 15) is 8.42 Å². The zero-order valence-corrected chi connectivity index (χ0v) is 11.4. The van der Waals surface area contributed by atoms with E-state index < -0.39 is 9.84 Å². The summed E-state index contributed by atoms with van der Waals surface area (Å²) in [5.41, 5.74) is 7.34. The molecule has 2 aromatic rings. The third kappa shape index (κ3) is 3.87. The second kappa shape index (κ2) is 5.50. The number of nitrogens with two attached hydrogens (primary N) is 1. The van der Waals surface area contributed by atoms with E-state index >= 15 is 0 Å². The van der Waals surface area contributed by atoms with Gasteiger partial charge in [0, 0.05) is 11.8 Å². The van der Waals surface area contributed by atoms with Gasteiger partial charge in [-0.2, -0.15) is 4.98 Å². The van der Waals surface area contributed by atoms with Gasteiger partial charge in [0.05, 0.1) is 0 Å². The minimum Gasteiger partial charge on any atom is -0.334 e. The third-order valence-electron chi connectivity index (χ3n) is 2.47. The Kier molecular flexibility index (Phi) is 3.96. The van der Waals surface area contributed by atoms with Crippen molar-refractivity contribution in [2.24, 2.45) is 5.73 Å². The summed E-state index contributed by atoms with van der Waals surface area (Å²) in [5.74, 6) is 0.262. The van der Waals surface area contributed by atoms with Gasteiger partial charge in [0.1, 0.15) is 5.75 Å². The molecule has 0 radical (unpaired) electrons. The van der Waals surface area contributed by atoms with Crippen LogP contribution >= 0.6 is 0 Å². The minimum atomic E-state index is -3.16. The molecule has 0 bridgehead atoms. The summed E-state index contributed by atoms with van der Waals surface area (Å²) in [7, 11) is -3.16. The van der Waals surface area contributed by atoms with Gasteiger partial charge in [-0.25, -0.2) is 8.42 Å². The summed E-state index contributed by atoms with van der Waals surface area (Å²) in [6.07, 6.45) is 1.89. The molecule has 0 amide bonds. The van der Waals surface area contributed by atoms with E-state index in [1.165, 1.54) is 0 Å². The lowest BCUT2D eigenvalue weighted by Crippen LogP contribution is -2.02. The Balaban J connectivity index is 2.25. The summed E-state index contributed by atoms with van der Waals surface area (Å²) in [5, 5.41) is 3.66. The fourth-order valence-electron chi connectivity index (χ4n) is 1.69. The Morgan fingerprint density at radius 2 is 2.16 bits per heavy atom. The number of aromatic nitrogens is 2. The molecule has 0 aliphatic rings. The van der Waals surface area contributed by atoms with Crippen LogP contribution in [-0.4, -0.2) is 31.4 Å². The molecule has 6 nitrogen and oxygen atoms in total. The number of nitrogens with zero attached hydrogens (tertiary/aromatic N) is 2. The van der Waals surface area contributed by atoms with Crippen molar-refractivity contribution < 1.29 is 12.9 Å². The van der Waals surface area contributed by atoms with Gasteiger partial charge in [0.2, 0.25) is 0 Å². The van der Waals surface area contributed by atoms with E-state index in [1.54, 1.807) is 0 Å². The largest absolute Gasteiger partial charge is 0.334 e. The first-order valence-corrected chi connectivity index (χ1v) is 7.84. The molecular weight excluding hydrogens is 266 g/mol. The fourth-order valence-corrected chi connectivity index (χ4v) is 2.28. The van der Waals surface area contributed by atoms with E-state index in [1.807, 2.05) is 24.3 Å². The molecule has 0 unspecified atom stereocenters. The molecule has 0 fully saturated rings. The zero-order chi connectivity index (χ0) is 13.9. The maximum Gasteiger partial charge on any atom is 0.257 e. The van der Waals surface area contributed by atoms with Gasteiger partial charge < -0.3 is 10.3 Å². The van der Waals surface area contributed by atoms with Crippen molar-refractivity contribution in [3.63, 3.8) is 0 Å². The predicted octanol–water partition coefficient (Wildman–Crippen LogP) is 0.782. The van der Waals surface area contributed by atoms with Crippen LogP contribution in [0, 0.1) is 0 Å². The molecule has 2 N–H and O–H groups in total. The molecule has 0 aliphatic heterocycles. The van der Waals surface area contributed by atoms with Gasteiger partial charge in [0.15, 0.2) is 15.7 Å². The first-order valence-electron chi connectivity index (χ1n) is 5.77. The molecule has 0 atom stereocenters. The van der Waals surface area contributed by atoms with Crippen LogP contribution in [0.5, 0.6) is 0 Å². The maximum absolute atomic E-state index is 11.2. The Hall–Kier alpha value is -1.73. The lowest BCUT2D eigenvalue weighted by molar-refractivity contribution is 0.424. The lowest BCUT2D eigenvalue weighted by Gasteiger charge is -1.99. The molecule has 102 valence electrons. The third-order valence-corrected chi connectivity index (χ3v) is 3.25. The van der Waals surface area contributed by atoms with Gasteiger partial charge in [0.25, 0.3) is 5.89 Å². The lowest BCUT2D eigenvalue weighted by atomic mass is 10.1. The molecule has 1 aromatic carbocycles. The van der Waals surface area contributed by atoms with Crippen LogP contribution in [0.15, 0.2) is 28.8 Å². The van der Waals surface area contributed by atoms with Gasteiger partial charge in [-0.15, -0.1) is 0 Å².